The highest BCUT2D eigenvalue weighted by molar-refractivity contribution is 6.07. The summed E-state index contributed by atoms with van der Waals surface area (Å²) in [4.78, 5) is 36.3. The zero-order valence-electron chi connectivity index (χ0n) is 12.1. The number of carbonyl (C=O) groups is 3. The van der Waals surface area contributed by atoms with Gasteiger partial charge in [-0.25, -0.2) is 0 Å². The maximum absolute atomic E-state index is 12.6. The summed E-state index contributed by atoms with van der Waals surface area (Å²) in [5, 5.41) is 8.52. The maximum Gasteiger partial charge on any atom is 0.252 e. The molecule has 6 heteroatoms. The van der Waals surface area contributed by atoms with E-state index in [4.69, 9.17) is 0 Å². The van der Waals surface area contributed by atoms with Crippen LogP contribution in [0.1, 0.15) is 46.3 Å². The van der Waals surface area contributed by atoms with Gasteiger partial charge in [0.15, 0.2) is 0 Å². The van der Waals surface area contributed by atoms with Gasteiger partial charge in [0.1, 0.15) is 5.54 Å². The van der Waals surface area contributed by atoms with Crippen LogP contribution in [0.15, 0.2) is 12.1 Å². The number of imide groups is 1. The van der Waals surface area contributed by atoms with Gasteiger partial charge in [0.05, 0.1) is 0 Å². The maximum atomic E-state index is 12.6. The van der Waals surface area contributed by atoms with Gasteiger partial charge >= 0.3 is 0 Å². The van der Waals surface area contributed by atoms with Crippen molar-refractivity contribution in [3.8, 4) is 0 Å². The van der Waals surface area contributed by atoms with E-state index >= 15 is 0 Å². The second-order valence-corrected chi connectivity index (χ2v) is 6.30. The first-order valence-corrected chi connectivity index (χ1v) is 7.60. The smallest absolute Gasteiger partial charge is 0.252 e. The van der Waals surface area contributed by atoms with Crippen molar-refractivity contribution in [3.05, 3.63) is 34.4 Å². The van der Waals surface area contributed by atoms with Gasteiger partial charge in [-0.05, 0) is 42.0 Å². The van der Waals surface area contributed by atoms with E-state index in [0.29, 0.717) is 24.8 Å². The number of fused-ring (bicyclic) bond motifs is 2. The van der Waals surface area contributed by atoms with Crippen molar-refractivity contribution in [2.45, 2.75) is 44.3 Å². The number of carbonyl (C=O) groups excluding carboxylic acids is 3. The van der Waals surface area contributed by atoms with Crippen molar-refractivity contribution in [1.82, 2.24) is 16.0 Å². The fourth-order valence-electron chi connectivity index (χ4n) is 3.62. The summed E-state index contributed by atoms with van der Waals surface area (Å²) >= 11 is 0. The Hall–Kier alpha value is -2.21. The zero-order valence-corrected chi connectivity index (χ0v) is 12.1. The van der Waals surface area contributed by atoms with E-state index in [1.165, 1.54) is 5.56 Å². The van der Waals surface area contributed by atoms with Crippen LogP contribution in [0.2, 0.25) is 0 Å². The first kappa shape index (κ1) is 13.5. The predicted octanol–water partition coefficient (Wildman–Crippen LogP) is 0.141. The molecule has 1 aromatic carbocycles. The minimum atomic E-state index is -0.952. The lowest BCUT2D eigenvalue weighted by Gasteiger charge is -2.34. The van der Waals surface area contributed by atoms with Gasteiger partial charge in [0.2, 0.25) is 5.91 Å². The van der Waals surface area contributed by atoms with Gasteiger partial charge < -0.3 is 10.6 Å². The van der Waals surface area contributed by atoms with Crippen molar-refractivity contribution >= 4 is 17.7 Å². The molecule has 6 nitrogen and oxygen atoms in total. The third kappa shape index (κ3) is 1.94. The molecule has 0 bridgehead atoms. The van der Waals surface area contributed by atoms with Crippen LogP contribution in [0.4, 0.5) is 0 Å². The van der Waals surface area contributed by atoms with Gasteiger partial charge in [0, 0.05) is 25.1 Å². The van der Waals surface area contributed by atoms with Crippen LogP contribution in [-0.2, 0) is 29.1 Å². The van der Waals surface area contributed by atoms with Crippen LogP contribution in [-0.4, -0.2) is 23.3 Å². The summed E-state index contributed by atoms with van der Waals surface area (Å²) < 4.78 is 0. The van der Waals surface area contributed by atoms with Crippen LogP contribution in [0.3, 0.4) is 0 Å². The zero-order chi connectivity index (χ0) is 15.3. The molecular weight excluding hydrogens is 282 g/mol. The molecule has 1 spiro atoms. The monoisotopic (exact) mass is 299 g/mol. The molecule has 4 rings (SSSR count). The SMILES string of the molecule is O=C1CCC2(CCc3cc4c(cc3C(=O)N2)CNC4)C(=O)N1. The molecule has 1 saturated heterocycles. The van der Waals surface area contributed by atoms with Gasteiger partial charge in [-0.2, -0.15) is 0 Å². The third-order valence-corrected chi connectivity index (χ3v) is 4.94. The number of benzene rings is 1. The van der Waals surface area contributed by atoms with E-state index in [1.54, 1.807) is 0 Å². The molecule has 0 saturated carbocycles. The highest BCUT2D eigenvalue weighted by Gasteiger charge is 2.45. The fraction of sp³-hybridized carbons (Fsp3) is 0.438. The first-order chi connectivity index (χ1) is 10.6. The van der Waals surface area contributed by atoms with Gasteiger partial charge in [-0.3, -0.25) is 19.7 Å². The van der Waals surface area contributed by atoms with Crippen molar-refractivity contribution in [2.24, 2.45) is 0 Å². The summed E-state index contributed by atoms with van der Waals surface area (Å²) in [6, 6.07) is 4.01. The highest BCUT2D eigenvalue weighted by Crippen LogP contribution is 2.31. The lowest BCUT2D eigenvalue weighted by atomic mass is 9.84. The summed E-state index contributed by atoms with van der Waals surface area (Å²) in [5.74, 6) is -0.859. The number of amides is 3. The molecule has 0 aliphatic carbocycles. The Morgan fingerprint density at radius 2 is 1.64 bits per heavy atom. The Balaban J connectivity index is 1.71. The van der Waals surface area contributed by atoms with Crippen LogP contribution >= 0.6 is 0 Å². The summed E-state index contributed by atoms with van der Waals surface area (Å²) in [7, 11) is 0. The molecule has 3 heterocycles. The van der Waals surface area contributed by atoms with Crippen molar-refractivity contribution < 1.29 is 14.4 Å². The van der Waals surface area contributed by atoms with Crippen LogP contribution < -0.4 is 16.0 Å². The molecule has 0 aromatic heterocycles. The Kier molecular flexibility index (Phi) is 2.84. The molecule has 1 fully saturated rings. The third-order valence-electron chi connectivity index (χ3n) is 4.94. The Labute approximate surface area is 127 Å². The van der Waals surface area contributed by atoms with E-state index in [0.717, 1.165) is 24.2 Å². The second-order valence-electron chi connectivity index (χ2n) is 6.30. The van der Waals surface area contributed by atoms with Gasteiger partial charge in [-0.1, -0.05) is 6.07 Å². The fourth-order valence-corrected chi connectivity index (χ4v) is 3.62. The number of hydrogen-bond donors (Lipinski definition) is 3. The molecular formula is C16H17N3O3. The summed E-state index contributed by atoms with van der Waals surface area (Å²) in [6.45, 7) is 1.60. The largest absolute Gasteiger partial charge is 0.338 e. The second kappa shape index (κ2) is 4.64. The van der Waals surface area contributed by atoms with E-state index in [-0.39, 0.29) is 24.1 Å². The lowest BCUT2D eigenvalue weighted by molar-refractivity contribution is -0.138. The topological polar surface area (TPSA) is 87.3 Å². The summed E-state index contributed by atoms with van der Waals surface area (Å²) in [5.41, 5.74) is 3.07. The first-order valence-electron chi connectivity index (χ1n) is 7.60. The Morgan fingerprint density at radius 1 is 0.909 bits per heavy atom. The molecule has 22 heavy (non-hydrogen) atoms. The van der Waals surface area contributed by atoms with Crippen molar-refractivity contribution in [2.75, 3.05) is 0 Å². The van der Waals surface area contributed by atoms with Gasteiger partial charge in [0.25, 0.3) is 11.8 Å². The average molecular weight is 299 g/mol. The van der Waals surface area contributed by atoms with Crippen LogP contribution in [0.5, 0.6) is 0 Å². The van der Waals surface area contributed by atoms with Crippen LogP contribution in [0, 0.1) is 0 Å². The van der Waals surface area contributed by atoms with Crippen molar-refractivity contribution in [3.63, 3.8) is 0 Å². The molecule has 114 valence electrons. The number of aryl methyl sites for hydroxylation is 1. The molecule has 1 unspecified atom stereocenters. The van der Waals surface area contributed by atoms with E-state index in [1.807, 2.05) is 6.07 Å². The van der Waals surface area contributed by atoms with Crippen LogP contribution in [0.25, 0.3) is 0 Å². The summed E-state index contributed by atoms with van der Waals surface area (Å²) in [6.07, 6.45) is 1.82. The Morgan fingerprint density at radius 3 is 2.41 bits per heavy atom. The van der Waals surface area contributed by atoms with Gasteiger partial charge in [-0.15, -0.1) is 0 Å². The minimum absolute atomic E-state index is 0.216. The van der Waals surface area contributed by atoms with Crippen molar-refractivity contribution in [1.29, 1.82) is 0 Å². The average Bonchev–Trinajstić information content (AvgIpc) is 2.89. The quantitative estimate of drug-likeness (QED) is 0.595. The molecule has 1 atom stereocenters. The number of nitrogens with one attached hydrogen (secondary N) is 3. The lowest BCUT2D eigenvalue weighted by Crippen LogP contribution is -2.62. The minimum Gasteiger partial charge on any atom is -0.338 e. The molecule has 3 amide bonds. The molecule has 3 N–H and O–H groups in total. The Bertz CT molecular complexity index is 713. The number of hydrogen-bond acceptors (Lipinski definition) is 4. The molecule has 0 radical (unpaired) electrons. The standard InChI is InChI=1S/C16H17N3O3/c20-13-2-4-16(15(22)18-13)3-1-9-5-10-7-17-8-11(10)6-12(9)14(21)19-16/h5-6,17H,1-4,7-8H2,(H,19,21)(H,18,20,22). The number of piperidine rings is 1. The van der Waals surface area contributed by atoms with E-state index < -0.39 is 5.54 Å². The predicted molar refractivity (Wildman–Crippen MR) is 77.9 cm³/mol. The molecule has 3 aliphatic heterocycles. The van der Waals surface area contributed by atoms with E-state index in [2.05, 4.69) is 22.0 Å². The molecule has 1 aromatic rings. The number of rotatable bonds is 0. The molecule has 3 aliphatic rings. The normalized spacial score (nSPS) is 27.0. The van der Waals surface area contributed by atoms with E-state index in [9.17, 15) is 14.4 Å². The highest BCUT2D eigenvalue weighted by atomic mass is 16.2.